The summed E-state index contributed by atoms with van der Waals surface area (Å²) in [5.74, 6) is 2.67. The molecule has 2 fully saturated rings. The molecule has 1 N–H and O–H groups in total. The third-order valence-corrected chi connectivity index (χ3v) is 5.68. The Bertz CT molecular complexity index is 748. The van der Waals surface area contributed by atoms with Gasteiger partial charge in [-0.2, -0.15) is 4.98 Å². The van der Waals surface area contributed by atoms with Crippen LogP contribution >= 0.6 is 0 Å². The molecular weight excluding hydrogens is 350 g/mol. The molecule has 152 valence electrons. The van der Waals surface area contributed by atoms with E-state index < -0.39 is 0 Å². The van der Waals surface area contributed by atoms with Crippen LogP contribution in [0.5, 0.6) is 0 Å². The minimum atomic E-state index is 0.109. The summed E-state index contributed by atoms with van der Waals surface area (Å²) in [5.41, 5.74) is 2.32. The lowest BCUT2D eigenvalue weighted by molar-refractivity contribution is -0.126. The maximum absolute atomic E-state index is 12.4. The van der Waals surface area contributed by atoms with Gasteiger partial charge in [-0.15, -0.1) is 0 Å². The van der Waals surface area contributed by atoms with Crippen LogP contribution in [0.3, 0.4) is 0 Å². The van der Waals surface area contributed by atoms with E-state index in [2.05, 4.69) is 41.5 Å². The molecule has 0 saturated heterocycles. The second-order valence-electron chi connectivity index (χ2n) is 8.17. The monoisotopic (exact) mass is 383 g/mol. The fourth-order valence-electron chi connectivity index (χ4n) is 3.82. The normalized spacial score (nSPS) is 24.0. The number of hydrogen-bond donors (Lipinski definition) is 1. The average molecular weight is 384 g/mol. The zero-order valence-corrected chi connectivity index (χ0v) is 17.4. The van der Waals surface area contributed by atoms with Crippen LogP contribution in [0.1, 0.15) is 77.4 Å². The van der Waals surface area contributed by atoms with Crippen LogP contribution in [0.15, 0.2) is 34.4 Å². The average Bonchev–Trinajstić information content (AvgIpc) is 3.43. The number of hydrogen-bond acceptors (Lipinski definition) is 4. The van der Waals surface area contributed by atoms with Crippen LogP contribution in [0.25, 0.3) is 5.57 Å². The Hall–Kier alpha value is -2.17. The summed E-state index contributed by atoms with van der Waals surface area (Å²) >= 11 is 0. The summed E-state index contributed by atoms with van der Waals surface area (Å²) in [6.45, 7) is 6.70. The first-order chi connectivity index (χ1) is 13.6. The third kappa shape index (κ3) is 5.66. The lowest BCUT2D eigenvalue weighted by Crippen LogP contribution is -2.32. The Balaban J connectivity index is 1.62. The first kappa shape index (κ1) is 20.6. The van der Waals surface area contributed by atoms with Gasteiger partial charge in [-0.05, 0) is 75.4 Å². The fraction of sp³-hybridized carbons (Fsp3) is 0.609. The largest absolute Gasteiger partial charge is 0.347 e. The molecule has 0 unspecified atom stereocenters. The molecule has 0 bridgehead atoms. The molecule has 1 aromatic heterocycles. The van der Waals surface area contributed by atoms with Crippen molar-refractivity contribution in [3.63, 3.8) is 0 Å². The van der Waals surface area contributed by atoms with Gasteiger partial charge in [0.1, 0.15) is 0 Å². The second-order valence-corrected chi connectivity index (χ2v) is 8.17. The fourth-order valence-corrected chi connectivity index (χ4v) is 3.82. The van der Waals surface area contributed by atoms with Crippen molar-refractivity contribution in [2.75, 3.05) is 0 Å². The summed E-state index contributed by atoms with van der Waals surface area (Å²) in [5, 5.41) is 7.12. The summed E-state index contributed by atoms with van der Waals surface area (Å²) in [7, 11) is 0. The highest BCUT2D eigenvalue weighted by atomic mass is 16.5. The molecule has 1 aromatic rings. The molecule has 2 aliphatic carbocycles. The van der Waals surface area contributed by atoms with Crippen LogP contribution in [0.4, 0.5) is 0 Å². The minimum Gasteiger partial charge on any atom is -0.347 e. The molecular formula is C23H33N3O2. The summed E-state index contributed by atoms with van der Waals surface area (Å²) < 4.78 is 5.39. The number of allylic oxidation sites excluding steroid dienone is 6. The van der Waals surface area contributed by atoms with Crippen LogP contribution in [0, 0.1) is 17.8 Å². The van der Waals surface area contributed by atoms with Gasteiger partial charge in [-0.1, -0.05) is 37.2 Å². The molecule has 1 heterocycles. The van der Waals surface area contributed by atoms with Gasteiger partial charge < -0.3 is 9.84 Å². The maximum Gasteiger partial charge on any atom is 0.246 e. The highest BCUT2D eigenvalue weighted by molar-refractivity contribution is 5.78. The maximum atomic E-state index is 12.4. The van der Waals surface area contributed by atoms with E-state index in [9.17, 15) is 4.79 Å². The molecule has 3 rings (SSSR count). The number of aromatic nitrogens is 2. The first-order valence-corrected chi connectivity index (χ1v) is 10.8. The van der Waals surface area contributed by atoms with E-state index in [1.165, 1.54) is 18.4 Å². The third-order valence-electron chi connectivity index (χ3n) is 5.68. The highest BCUT2D eigenvalue weighted by Crippen LogP contribution is 2.38. The molecule has 5 nitrogen and oxygen atoms in total. The number of carbonyl (C=O) groups is 1. The Kier molecular flexibility index (Phi) is 7.24. The molecule has 0 radical (unpaired) electrons. The van der Waals surface area contributed by atoms with Gasteiger partial charge in [-0.25, -0.2) is 0 Å². The Morgan fingerprint density at radius 2 is 1.89 bits per heavy atom. The van der Waals surface area contributed by atoms with Gasteiger partial charge in [-0.3, -0.25) is 4.79 Å². The Labute approximate surface area is 168 Å². The van der Waals surface area contributed by atoms with E-state index >= 15 is 0 Å². The molecule has 0 aliphatic heterocycles. The number of nitrogens with zero attached hydrogens (tertiary/aromatic N) is 2. The van der Waals surface area contributed by atoms with Gasteiger partial charge in [0.05, 0.1) is 6.54 Å². The molecule has 0 aromatic carbocycles. The minimum absolute atomic E-state index is 0.109. The van der Waals surface area contributed by atoms with Crippen molar-refractivity contribution in [2.24, 2.45) is 17.8 Å². The van der Waals surface area contributed by atoms with Crippen molar-refractivity contribution in [1.82, 2.24) is 15.5 Å². The summed E-state index contributed by atoms with van der Waals surface area (Å²) in [4.78, 5) is 16.9. The van der Waals surface area contributed by atoms with Gasteiger partial charge in [0.15, 0.2) is 0 Å². The van der Waals surface area contributed by atoms with E-state index in [4.69, 9.17) is 4.52 Å². The van der Waals surface area contributed by atoms with Gasteiger partial charge >= 0.3 is 0 Å². The van der Waals surface area contributed by atoms with E-state index in [0.29, 0.717) is 24.2 Å². The lowest BCUT2D eigenvalue weighted by Gasteiger charge is -2.24. The molecule has 2 aliphatic rings. The topological polar surface area (TPSA) is 68.0 Å². The zero-order valence-electron chi connectivity index (χ0n) is 17.4. The predicted octanol–water partition coefficient (Wildman–Crippen LogP) is 5.22. The summed E-state index contributed by atoms with van der Waals surface area (Å²) in [6, 6.07) is 0. The summed E-state index contributed by atoms with van der Waals surface area (Å²) in [6.07, 6.45) is 16.2. The van der Waals surface area contributed by atoms with E-state index in [1.54, 1.807) is 0 Å². The van der Waals surface area contributed by atoms with Crippen molar-refractivity contribution < 1.29 is 9.32 Å². The van der Waals surface area contributed by atoms with Gasteiger partial charge in [0.25, 0.3) is 0 Å². The van der Waals surface area contributed by atoms with Crippen molar-refractivity contribution in [3.8, 4) is 0 Å². The molecule has 1 amide bonds. The van der Waals surface area contributed by atoms with Crippen LogP contribution in [-0.4, -0.2) is 16.0 Å². The van der Waals surface area contributed by atoms with Gasteiger partial charge in [0.2, 0.25) is 17.6 Å². The van der Waals surface area contributed by atoms with Crippen molar-refractivity contribution in [1.29, 1.82) is 0 Å². The molecule has 28 heavy (non-hydrogen) atoms. The smallest absolute Gasteiger partial charge is 0.246 e. The molecule has 5 heteroatoms. The van der Waals surface area contributed by atoms with Crippen molar-refractivity contribution >= 4 is 11.5 Å². The standard InChI is InChI=1S/C23H33N3O2/c1-4-6-19(17-12-13-17)14-20(7-5-2)22-25-21(28-26-22)15-24-23(27)18-10-8-16(3)9-11-18/h5-7,14,16-18H,4,8-13,15H2,1-3H3,(H,24,27)/b7-5-,19-6-,20-14+. The zero-order chi connectivity index (χ0) is 19.9. The van der Waals surface area contributed by atoms with Crippen molar-refractivity contribution in [3.05, 3.63) is 41.6 Å². The van der Waals surface area contributed by atoms with Crippen molar-refractivity contribution in [2.45, 2.75) is 72.3 Å². The SMILES string of the molecule is C\C=C/C(=C\C(=C\CC)C1CC1)c1noc(CNC(=O)C2CCC(C)CC2)n1. The van der Waals surface area contributed by atoms with E-state index in [1.807, 2.05) is 19.1 Å². The molecule has 0 atom stereocenters. The predicted molar refractivity (Wildman–Crippen MR) is 111 cm³/mol. The number of nitrogens with one attached hydrogen (secondary N) is 1. The van der Waals surface area contributed by atoms with Crippen LogP contribution in [0.2, 0.25) is 0 Å². The van der Waals surface area contributed by atoms with Crippen LogP contribution in [-0.2, 0) is 11.3 Å². The molecule has 2 saturated carbocycles. The second kappa shape index (κ2) is 9.85. The quantitative estimate of drug-likeness (QED) is 0.625. The Morgan fingerprint density at radius 1 is 1.18 bits per heavy atom. The number of amides is 1. The van der Waals surface area contributed by atoms with Crippen LogP contribution < -0.4 is 5.32 Å². The lowest BCUT2D eigenvalue weighted by atomic mass is 9.82. The molecule has 0 spiro atoms. The number of rotatable bonds is 8. The van der Waals surface area contributed by atoms with E-state index in [-0.39, 0.29) is 11.8 Å². The highest BCUT2D eigenvalue weighted by Gasteiger charge is 2.26. The first-order valence-electron chi connectivity index (χ1n) is 10.8. The Morgan fingerprint density at radius 3 is 2.54 bits per heavy atom. The van der Waals surface area contributed by atoms with E-state index in [0.717, 1.165) is 43.6 Å². The number of carbonyl (C=O) groups excluding carboxylic acids is 1. The van der Waals surface area contributed by atoms with Gasteiger partial charge in [0, 0.05) is 11.5 Å².